The normalized spacial score (nSPS) is 21.9. The van der Waals surface area contributed by atoms with Crippen molar-refractivity contribution in [2.45, 2.75) is 90.4 Å². The summed E-state index contributed by atoms with van der Waals surface area (Å²) < 4.78 is 13.9. The fourth-order valence-electron chi connectivity index (χ4n) is 4.74. The zero-order valence-electron chi connectivity index (χ0n) is 24.7. The number of halogens is 1. The van der Waals surface area contributed by atoms with Crippen LogP contribution in [0.15, 0.2) is 106 Å². The number of nitrogens with zero attached hydrogens (tertiary/aromatic N) is 2. The van der Waals surface area contributed by atoms with Crippen molar-refractivity contribution in [3.8, 4) is 0 Å². The fraction of sp³-hybridized carbons (Fsp3) is 0.455. The van der Waals surface area contributed by atoms with Crippen molar-refractivity contribution >= 4 is 11.5 Å². The van der Waals surface area contributed by atoms with E-state index in [0.717, 1.165) is 53.8 Å². The number of amidine groups is 1. The molecule has 3 unspecified atom stereocenters. The molecule has 2 aliphatic carbocycles. The third-order valence-corrected chi connectivity index (χ3v) is 6.91. The van der Waals surface area contributed by atoms with Gasteiger partial charge in [0.15, 0.2) is 6.29 Å². The van der Waals surface area contributed by atoms with Crippen molar-refractivity contribution in [2.75, 3.05) is 6.54 Å². The average molecular weight is 567 g/mol. The summed E-state index contributed by atoms with van der Waals surface area (Å²) in [6.07, 6.45) is 17.6. The molecule has 0 amide bonds. The minimum atomic E-state index is -1.31. The van der Waals surface area contributed by atoms with E-state index in [2.05, 4.69) is 33.8 Å². The SMILES string of the molecule is C=CCC=C(C=C)/C(C)=N/C(C)=C/C=C(\C=C\N=C(/C)NCCCC(O)O)C(O)NC1CCCC2=C1C=CC(F)C2. The van der Waals surface area contributed by atoms with Gasteiger partial charge in [-0.1, -0.05) is 48.6 Å². The molecule has 0 fully saturated rings. The number of rotatable bonds is 15. The van der Waals surface area contributed by atoms with Gasteiger partial charge in [-0.3, -0.25) is 10.3 Å². The predicted octanol–water partition coefficient (Wildman–Crippen LogP) is 5.63. The lowest BCUT2D eigenvalue weighted by molar-refractivity contribution is -0.0459. The van der Waals surface area contributed by atoms with Gasteiger partial charge in [0.2, 0.25) is 0 Å². The van der Waals surface area contributed by atoms with Gasteiger partial charge in [-0.15, -0.1) is 6.58 Å². The second-order valence-electron chi connectivity index (χ2n) is 10.3. The van der Waals surface area contributed by atoms with Crippen molar-refractivity contribution < 1.29 is 19.7 Å². The first-order valence-corrected chi connectivity index (χ1v) is 14.3. The summed E-state index contributed by atoms with van der Waals surface area (Å²) in [4.78, 5) is 9.08. The highest BCUT2D eigenvalue weighted by Gasteiger charge is 2.27. The highest BCUT2D eigenvalue weighted by atomic mass is 19.1. The minimum absolute atomic E-state index is 0.0708. The molecule has 0 saturated carbocycles. The average Bonchev–Trinajstić information content (AvgIpc) is 2.93. The monoisotopic (exact) mass is 566 g/mol. The highest BCUT2D eigenvalue weighted by Crippen LogP contribution is 2.33. The Morgan fingerprint density at radius 3 is 2.68 bits per heavy atom. The molecule has 5 N–H and O–H groups in total. The van der Waals surface area contributed by atoms with Gasteiger partial charge in [0, 0.05) is 36.6 Å². The van der Waals surface area contributed by atoms with Crippen molar-refractivity contribution in [2.24, 2.45) is 9.98 Å². The number of aliphatic imine (C=N–C) groups is 2. The highest BCUT2D eigenvalue weighted by molar-refractivity contribution is 6.01. The number of hydrogen-bond acceptors (Lipinski definition) is 6. The molecule has 0 aromatic rings. The minimum Gasteiger partial charge on any atom is -0.374 e. The molecule has 0 heterocycles. The quantitative estimate of drug-likeness (QED) is 0.0441. The largest absolute Gasteiger partial charge is 0.374 e. The van der Waals surface area contributed by atoms with Crippen molar-refractivity contribution in [1.29, 1.82) is 0 Å². The van der Waals surface area contributed by atoms with Gasteiger partial charge in [0.05, 0.1) is 5.84 Å². The van der Waals surface area contributed by atoms with E-state index in [9.17, 15) is 9.50 Å². The maximum absolute atomic E-state index is 13.9. The van der Waals surface area contributed by atoms with Crippen LogP contribution in [0.5, 0.6) is 0 Å². The summed E-state index contributed by atoms with van der Waals surface area (Å²) in [7, 11) is 0. The first-order chi connectivity index (χ1) is 19.6. The van der Waals surface area contributed by atoms with Crippen LogP contribution in [-0.2, 0) is 0 Å². The lowest BCUT2D eigenvalue weighted by Gasteiger charge is -2.32. The van der Waals surface area contributed by atoms with Crippen LogP contribution in [0.3, 0.4) is 0 Å². The van der Waals surface area contributed by atoms with E-state index in [1.807, 2.05) is 51.2 Å². The van der Waals surface area contributed by atoms with Gasteiger partial charge in [-0.25, -0.2) is 9.38 Å². The van der Waals surface area contributed by atoms with Crippen molar-refractivity contribution in [3.63, 3.8) is 0 Å². The molecule has 0 aromatic carbocycles. The predicted molar refractivity (Wildman–Crippen MR) is 168 cm³/mol. The molecule has 41 heavy (non-hydrogen) atoms. The second kappa shape index (κ2) is 18.3. The number of aliphatic hydroxyl groups excluding tert-OH is 2. The Morgan fingerprint density at radius 1 is 1.20 bits per heavy atom. The molecule has 0 aromatic heterocycles. The first kappa shape index (κ1) is 34.0. The van der Waals surface area contributed by atoms with Crippen LogP contribution in [-0.4, -0.2) is 58.1 Å². The van der Waals surface area contributed by atoms with Crippen molar-refractivity contribution in [3.05, 3.63) is 96.0 Å². The Kier molecular flexibility index (Phi) is 15.2. The molecule has 0 radical (unpaired) electrons. The van der Waals surface area contributed by atoms with Crippen LogP contribution in [0.1, 0.15) is 65.7 Å². The Bertz CT molecular complexity index is 1140. The summed E-state index contributed by atoms with van der Waals surface area (Å²) in [5.74, 6) is 0.667. The van der Waals surface area contributed by atoms with E-state index in [4.69, 9.17) is 10.2 Å². The summed E-state index contributed by atoms with van der Waals surface area (Å²) in [5, 5.41) is 35.7. The van der Waals surface area contributed by atoms with E-state index >= 15 is 0 Å². The van der Waals surface area contributed by atoms with E-state index in [1.54, 1.807) is 24.4 Å². The van der Waals surface area contributed by atoms with Crippen LogP contribution >= 0.6 is 0 Å². The summed E-state index contributed by atoms with van der Waals surface area (Å²) in [5.41, 5.74) is 5.32. The standard InChI is InChI=1S/C33H47FN4O3/c1-6-8-11-26(7-2)24(4)37-23(3)15-16-27(19-21-36-25(5)35-20-10-14-32(39)40)33(41)38-31-13-9-12-28-22-29(34)17-18-30(28)31/h6-7,11,15-19,21,29,31-33,38-41H,1-2,8-10,12-14,20,22H2,3-5H3,(H,35,36)/b21-19+,23-15+,26-11?,27-16+,37-24+. The molecular formula is C33H47FN4O3. The molecule has 0 bridgehead atoms. The van der Waals surface area contributed by atoms with Crippen LogP contribution in [0.2, 0.25) is 0 Å². The van der Waals surface area contributed by atoms with Gasteiger partial charge >= 0.3 is 0 Å². The number of alkyl halides is 1. The maximum Gasteiger partial charge on any atom is 0.151 e. The van der Waals surface area contributed by atoms with Gasteiger partial charge in [0.25, 0.3) is 0 Å². The number of hydrogen-bond donors (Lipinski definition) is 5. The zero-order chi connectivity index (χ0) is 30.2. The molecule has 0 saturated heterocycles. The lowest BCUT2D eigenvalue weighted by Crippen LogP contribution is -2.42. The van der Waals surface area contributed by atoms with Gasteiger partial charge in [-0.05, 0) is 88.2 Å². The van der Waals surface area contributed by atoms with E-state index in [-0.39, 0.29) is 12.5 Å². The van der Waals surface area contributed by atoms with Crippen LogP contribution in [0, 0.1) is 0 Å². The number of nitrogens with one attached hydrogen (secondary N) is 2. The van der Waals surface area contributed by atoms with Gasteiger partial charge < -0.3 is 20.6 Å². The van der Waals surface area contributed by atoms with Crippen molar-refractivity contribution in [1.82, 2.24) is 10.6 Å². The third kappa shape index (κ3) is 12.5. The fourth-order valence-corrected chi connectivity index (χ4v) is 4.74. The molecule has 0 aliphatic heterocycles. The molecule has 7 nitrogen and oxygen atoms in total. The van der Waals surface area contributed by atoms with E-state index in [0.29, 0.717) is 30.8 Å². The lowest BCUT2D eigenvalue weighted by atomic mass is 9.82. The second-order valence-corrected chi connectivity index (χ2v) is 10.3. The van der Waals surface area contributed by atoms with Gasteiger partial charge in [-0.2, -0.15) is 0 Å². The molecule has 2 aliphatic rings. The Balaban J connectivity index is 2.26. The number of allylic oxidation sites excluding steroid dienone is 9. The van der Waals surface area contributed by atoms with Crippen LogP contribution in [0.4, 0.5) is 4.39 Å². The Morgan fingerprint density at radius 2 is 1.98 bits per heavy atom. The summed E-state index contributed by atoms with van der Waals surface area (Å²) >= 11 is 0. The summed E-state index contributed by atoms with van der Waals surface area (Å²) in [6.45, 7) is 13.8. The Labute approximate surface area is 244 Å². The maximum atomic E-state index is 13.9. The Hall–Kier alpha value is -3.17. The molecule has 0 spiro atoms. The zero-order valence-corrected chi connectivity index (χ0v) is 24.7. The van der Waals surface area contributed by atoms with Crippen LogP contribution < -0.4 is 10.6 Å². The topological polar surface area (TPSA) is 109 Å². The van der Waals surface area contributed by atoms with Crippen LogP contribution in [0.25, 0.3) is 0 Å². The molecule has 3 atom stereocenters. The number of aliphatic hydroxyl groups is 3. The van der Waals surface area contributed by atoms with E-state index in [1.165, 1.54) is 0 Å². The molecule has 8 heteroatoms. The summed E-state index contributed by atoms with van der Waals surface area (Å²) in [6, 6.07) is -0.0708. The smallest absolute Gasteiger partial charge is 0.151 e. The third-order valence-electron chi connectivity index (χ3n) is 6.91. The van der Waals surface area contributed by atoms with E-state index < -0.39 is 18.7 Å². The van der Waals surface area contributed by atoms with Gasteiger partial charge in [0.1, 0.15) is 12.4 Å². The molecule has 2 rings (SSSR count). The first-order valence-electron chi connectivity index (χ1n) is 14.3. The molecule has 224 valence electrons. The molecular weight excluding hydrogens is 519 g/mol.